The predicted molar refractivity (Wildman–Crippen MR) is 88.2 cm³/mol. The summed E-state index contributed by atoms with van der Waals surface area (Å²) in [6.45, 7) is 10.8. The van der Waals surface area contributed by atoms with Gasteiger partial charge in [-0.3, -0.25) is 14.3 Å². The molecule has 0 aromatic carbocycles. The highest BCUT2D eigenvalue weighted by Crippen LogP contribution is 2.50. The summed E-state index contributed by atoms with van der Waals surface area (Å²) in [7, 11) is -2.18. The van der Waals surface area contributed by atoms with Crippen molar-refractivity contribution in [1.82, 2.24) is 9.55 Å². The lowest BCUT2D eigenvalue weighted by Gasteiger charge is -2.39. The van der Waals surface area contributed by atoms with Gasteiger partial charge in [0.15, 0.2) is 14.5 Å². The molecule has 1 aromatic rings. The molecule has 134 valence electrons. The van der Waals surface area contributed by atoms with Crippen molar-refractivity contribution in [2.24, 2.45) is 0 Å². The molecule has 0 radical (unpaired) electrons. The largest absolute Gasteiger partial charge is 0.406 e. The average Bonchev–Trinajstić information content (AvgIpc) is 3.17. The minimum absolute atomic E-state index is 0.0459. The van der Waals surface area contributed by atoms with Crippen molar-refractivity contribution in [2.75, 3.05) is 6.61 Å². The van der Waals surface area contributed by atoms with Crippen LogP contribution in [0.4, 0.5) is 0 Å². The molecule has 3 rings (SSSR count). The van der Waals surface area contributed by atoms with Crippen molar-refractivity contribution >= 4 is 8.32 Å². The van der Waals surface area contributed by atoms with E-state index in [1.54, 1.807) is 0 Å². The van der Waals surface area contributed by atoms with E-state index in [1.165, 1.54) is 12.3 Å². The predicted octanol–water partition coefficient (Wildman–Crippen LogP) is 0.543. The molecule has 9 heteroatoms. The average molecular weight is 356 g/mol. The molecular weight excluding hydrogens is 332 g/mol. The van der Waals surface area contributed by atoms with E-state index >= 15 is 0 Å². The fraction of sp³-hybridized carbons (Fsp3) is 0.733. The minimum atomic E-state index is -2.18. The van der Waals surface area contributed by atoms with Gasteiger partial charge in [0.05, 0.1) is 0 Å². The molecule has 1 spiro atoms. The first-order valence-electron chi connectivity index (χ1n) is 7.96. The van der Waals surface area contributed by atoms with Gasteiger partial charge in [-0.2, -0.15) is 0 Å². The fourth-order valence-electron chi connectivity index (χ4n) is 2.56. The maximum absolute atomic E-state index is 12.0. The molecular formula is C15H24N2O6Si. The van der Waals surface area contributed by atoms with Crippen LogP contribution in [-0.4, -0.2) is 47.6 Å². The standard InChI is InChI=1S/C15H24N2O6Si/c1-14(2,3)24(4,5)23-11-10(19)12(22-15(11)8-21-15)17-7-6-9(18)16-13(17)20/h6-7,10-12,19H,8H2,1-5H3,(H,16,18,20)/t10-,11?,12-,15+/m1/s1. The molecule has 8 nitrogen and oxygen atoms in total. The van der Waals surface area contributed by atoms with E-state index in [2.05, 4.69) is 38.8 Å². The lowest BCUT2D eigenvalue weighted by molar-refractivity contribution is -0.0982. The summed E-state index contributed by atoms with van der Waals surface area (Å²) in [5, 5.41) is 10.7. The van der Waals surface area contributed by atoms with Crippen LogP contribution in [0.5, 0.6) is 0 Å². The second kappa shape index (κ2) is 5.37. The normalized spacial score (nSPS) is 33.2. The number of ether oxygens (including phenoxy) is 2. The number of H-pyrrole nitrogens is 1. The molecule has 3 heterocycles. The Bertz CT molecular complexity index is 745. The number of aliphatic hydroxyl groups is 1. The van der Waals surface area contributed by atoms with Crippen LogP contribution in [0.1, 0.15) is 27.0 Å². The van der Waals surface area contributed by atoms with Gasteiger partial charge in [0.1, 0.15) is 18.8 Å². The summed E-state index contributed by atoms with van der Waals surface area (Å²) in [6.07, 6.45) is -1.42. The number of epoxide rings is 1. The third kappa shape index (κ3) is 2.80. The highest BCUT2D eigenvalue weighted by atomic mass is 28.4. The molecule has 2 saturated heterocycles. The zero-order chi connectivity index (χ0) is 17.9. The third-order valence-electron chi connectivity index (χ3n) is 5.14. The number of aromatic nitrogens is 2. The molecule has 2 aliphatic heterocycles. The van der Waals surface area contributed by atoms with Gasteiger partial charge in [-0.25, -0.2) is 4.79 Å². The van der Waals surface area contributed by atoms with E-state index in [-0.39, 0.29) is 5.04 Å². The van der Waals surface area contributed by atoms with Crippen molar-refractivity contribution in [1.29, 1.82) is 0 Å². The van der Waals surface area contributed by atoms with Crippen LogP contribution in [0.3, 0.4) is 0 Å². The van der Waals surface area contributed by atoms with Crippen molar-refractivity contribution in [2.45, 2.75) is 63.1 Å². The van der Waals surface area contributed by atoms with Gasteiger partial charge in [-0.15, -0.1) is 0 Å². The maximum Gasteiger partial charge on any atom is 0.330 e. The Morgan fingerprint density at radius 3 is 2.54 bits per heavy atom. The Morgan fingerprint density at radius 2 is 2.04 bits per heavy atom. The summed E-state index contributed by atoms with van der Waals surface area (Å²) < 4.78 is 18.7. The van der Waals surface area contributed by atoms with E-state index in [9.17, 15) is 14.7 Å². The minimum Gasteiger partial charge on any atom is -0.406 e. The number of hydrogen-bond donors (Lipinski definition) is 2. The van der Waals surface area contributed by atoms with Gasteiger partial charge in [0.25, 0.3) is 5.56 Å². The summed E-state index contributed by atoms with van der Waals surface area (Å²) in [5.74, 6) is -1.02. The van der Waals surface area contributed by atoms with Crippen molar-refractivity contribution in [3.8, 4) is 0 Å². The van der Waals surface area contributed by atoms with Crippen molar-refractivity contribution in [3.63, 3.8) is 0 Å². The van der Waals surface area contributed by atoms with Crippen LogP contribution in [0.2, 0.25) is 18.1 Å². The molecule has 0 bridgehead atoms. The fourth-order valence-corrected chi connectivity index (χ4v) is 3.86. The Labute approximate surface area is 140 Å². The van der Waals surface area contributed by atoms with Gasteiger partial charge in [-0.05, 0) is 18.1 Å². The van der Waals surface area contributed by atoms with Gasteiger partial charge in [0, 0.05) is 12.3 Å². The summed E-state index contributed by atoms with van der Waals surface area (Å²) >= 11 is 0. The summed E-state index contributed by atoms with van der Waals surface area (Å²) in [5.41, 5.74) is -1.15. The molecule has 0 saturated carbocycles. The van der Waals surface area contributed by atoms with E-state index < -0.39 is 43.8 Å². The summed E-state index contributed by atoms with van der Waals surface area (Å²) in [4.78, 5) is 25.4. The van der Waals surface area contributed by atoms with Gasteiger partial charge in [0.2, 0.25) is 5.79 Å². The number of rotatable bonds is 3. The smallest absolute Gasteiger partial charge is 0.330 e. The number of hydrogen-bond acceptors (Lipinski definition) is 6. The van der Waals surface area contributed by atoms with Crippen molar-refractivity contribution < 1.29 is 19.0 Å². The summed E-state index contributed by atoms with van der Waals surface area (Å²) in [6, 6.07) is 1.21. The lowest BCUT2D eigenvalue weighted by atomic mass is 10.1. The number of aliphatic hydroxyl groups excluding tert-OH is 1. The SMILES string of the molecule is CC(C)(C)[Si](C)(C)OC1[C@@H](O)[C@H](n2ccc(=O)[nH]c2=O)O[C@@]12CO2. The van der Waals surface area contributed by atoms with Crippen LogP contribution in [0, 0.1) is 0 Å². The highest BCUT2D eigenvalue weighted by molar-refractivity contribution is 6.74. The molecule has 2 N–H and O–H groups in total. The van der Waals surface area contributed by atoms with Crippen LogP contribution >= 0.6 is 0 Å². The van der Waals surface area contributed by atoms with Crippen LogP contribution in [-0.2, 0) is 13.9 Å². The van der Waals surface area contributed by atoms with E-state index in [0.29, 0.717) is 6.61 Å². The molecule has 24 heavy (non-hydrogen) atoms. The van der Waals surface area contributed by atoms with Crippen LogP contribution < -0.4 is 11.2 Å². The second-order valence-corrected chi connectivity index (χ2v) is 12.7. The molecule has 2 fully saturated rings. The number of aromatic amines is 1. The van der Waals surface area contributed by atoms with Crippen LogP contribution in [0.15, 0.2) is 21.9 Å². The topological polar surface area (TPSA) is 106 Å². The first-order valence-corrected chi connectivity index (χ1v) is 10.9. The monoisotopic (exact) mass is 356 g/mol. The van der Waals surface area contributed by atoms with E-state index in [0.717, 1.165) is 4.57 Å². The molecule has 4 atom stereocenters. The lowest BCUT2D eigenvalue weighted by Crippen LogP contribution is -2.50. The zero-order valence-electron chi connectivity index (χ0n) is 14.5. The van der Waals surface area contributed by atoms with E-state index in [4.69, 9.17) is 13.9 Å². The Balaban J connectivity index is 1.90. The number of nitrogens with zero attached hydrogens (tertiary/aromatic N) is 1. The first kappa shape index (κ1) is 17.6. The molecule has 0 amide bonds. The van der Waals surface area contributed by atoms with Gasteiger partial charge < -0.3 is 19.0 Å². The molecule has 1 unspecified atom stereocenters. The first-order chi connectivity index (χ1) is 11.0. The van der Waals surface area contributed by atoms with Crippen LogP contribution in [0.25, 0.3) is 0 Å². The maximum atomic E-state index is 12.0. The Morgan fingerprint density at radius 1 is 1.42 bits per heavy atom. The Kier molecular flexibility index (Phi) is 3.93. The Hall–Kier alpha value is -1.26. The van der Waals surface area contributed by atoms with E-state index in [1.807, 2.05) is 0 Å². The van der Waals surface area contributed by atoms with Crippen molar-refractivity contribution in [3.05, 3.63) is 33.1 Å². The van der Waals surface area contributed by atoms with Gasteiger partial charge in [-0.1, -0.05) is 20.8 Å². The molecule has 0 aliphatic carbocycles. The number of nitrogens with one attached hydrogen (secondary N) is 1. The third-order valence-corrected chi connectivity index (χ3v) is 9.59. The van der Waals surface area contributed by atoms with Gasteiger partial charge >= 0.3 is 5.69 Å². The molecule has 2 aliphatic rings. The molecule has 1 aromatic heterocycles. The highest BCUT2D eigenvalue weighted by Gasteiger charge is 2.67. The zero-order valence-corrected chi connectivity index (χ0v) is 15.5. The second-order valence-electron chi connectivity index (χ2n) is 7.92. The quantitative estimate of drug-likeness (QED) is 0.605.